The van der Waals surface area contributed by atoms with Crippen LogP contribution in [0.15, 0.2) is 12.3 Å². The lowest BCUT2D eigenvalue weighted by Crippen LogP contribution is -2.36. The van der Waals surface area contributed by atoms with Crippen molar-refractivity contribution in [2.75, 3.05) is 18.0 Å². The van der Waals surface area contributed by atoms with Gasteiger partial charge in [-0.15, -0.1) is 0 Å². The van der Waals surface area contributed by atoms with E-state index in [1.165, 1.54) is 4.90 Å². The van der Waals surface area contributed by atoms with E-state index >= 15 is 0 Å². The van der Waals surface area contributed by atoms with Gasteiger partial charge < -0.3 is 9.69 Å². The third-order valence-corrected chi connectivity index (χ3v) is 3.34. The van der Waals surface area contributed by atoms with Gasteiger partial charge in [0, 0.05) is 19.0 Å². The first kappa shape index (κ1) is 15.2. The van der Waals surface area contributed by atoms with Crippen molar-refractivity contribution in [1.82, 2.24) is 4.98 Å². The Morgan fingerprint density at radius 2 is 2.19 bits per heavy atom. The Kier molecular flexibility index (Phi) is 4.10. The molecule has 21 heavy (non-hydrogen) atoms. The van der Waals surface area contributed by atoms with E-state index in [1.807, 2.05) is 0 Å². The average molecular weight is 303 g/mol. The van der Waals surface area contributed by atoms with E-state index in [4.69, 9.17) is 0 Å². The summed E-state index contributed by atoms with van der Waals surface area (Å²) in [6.45, 7) is 0.540. The highest BCUT2D eigenvalue weighted by Crippen LogP contribution is 2.36. The Hall–Kier alpha value is -2.19. The first-order valence-corrected chi connectivity index (χ1v) is 6.25. The first-order valence-electron chi connectivity index (χ1n) is 6.25. The normalized spacial score (nSPS) is 19.4. The Balaban J connectivity index is 2.43. The number of anilines is 1. The average Bonchev–Trinajstić information content (AvgIpc) is 2.45. The maximum absolute atomic E-state index is 12.7. The van der Waals surface area contributed by atoms with E-state index in [9.17, 15) is 28.1 Å². The van der Waals surface area contributed by atoms with E-state index < -0.39 is 22.5 Å². The third kappa shape index (κ3) is 3.29. The molecule has 1 aromatic rings. The quantitative estimate of drug-likeness (QED) is 0.487. The minimum absolute atomic E-state index is 0.145. The fraction of sp³-hybridized carbons (Fsp3) is 0.500. The molecule has 1 aliphatic rings. The van der Waals surface area contributed by atoms with Gasteiger partial charge in [-0.25, -0.2) is 4.98 Å². The number of piperidine rings is 1. The molecule has 0 radical (unpaired) electrons. The molecule has 9 heteroatoms. The largest absolute Gasteiger partial charge is 0.433 e. The highest BCUT2D eigenvalue weighted by atomic mass is 19.4. The van der Waals surface area contributed by atoms with Gasteiger partial charge in [0.25, 0.3) is 0 Å². The second kappa shape index (κ2) is 5.66. The van der Waals surface area contributed by atoms with Crippen molar-refractivity contribution in [3.63, 3.8) is 0 Å². The fourth-order valence-electron chi connectivity index (χ4n) is 2.33. The van der Waals surface area contributed by atoms with Gasteiger partial charge in [-0.2, -0.15) is 13.2 Å². The number of hydrogen-bond acceptors (Lipinski definition) is 5. The molecule has 0 aliphatic carbocycles. The van der Waals surface area contributed by atoms with Crippen LogP contribution in [0.2, 0.25) is 0 Å². The molecule has 114 valence electrons. The summed E-state index contributed by atoms with van der Waals surface area (Å²) in [7, 11) is 0. The highest BCUT2D eigenvalue weighted by molar-refractivity contribution is 5.65. The van der Waals surface area contributed by atoms with Gasteiger partial charge in [0.2, 0.25) is 0 Å². The maximum Gasteiger partial charge on any atom is 0.433 e. The summed E-state index contributed by atoms with van der Waals surface area (Å²) in [6, 6.07) is 0.672. The van der Waals surface area contributed by atoms with Crippen LogP contribution in [0.5, 0.6) is 0 Å². The van der Waals surface area contributed by atoms with Crippen LogP contribution in [0, 0.1) is 16.0 Å². The topological polar surface area (TPSA) is 76.3 Å². The molecule has 1 aromatic heterocycles. The molecule has 1 saturated heterocycles. The van der Waals surface area contributed by atoms with Crippen LogP contribution >= 0.6 is 0 Å². The molecule has 0 N–H and O–H groups in total. The molecule has 0 bridgehead atoms. The number of carbonyl (C=O) groups is 1. The first-order chi connectivity index (χ1) is 9.82. The molecule has 0 spiro atoms. The van der Waals surface area contributed by atoms with Crippen LogP contribution in [-0.4, -0.2) is 29.3 Å². The monoisotopic (exact) mass is 303 g/mol. The van der Waals surface area contributed by atoms with Gasteiger partial charge in [-0.3, -0.25) is 10.1 Å². The van der Waals surface area contributed by atoms with Crippen molar-refractivity contribution in [3.8, 4) is 0 Å². The van der Waals surface area contributed by atoms with Gasteiger partial charge >= 0.3 is 11.9 Å². The predicted molar refractivity (Wildman–Crippen MR) is 66.9 cm³/mol. The molecule has 0 amide bonds. The molecule has 0 aromatic carbocycles. The smallest absolute Gasteiger partial charge is 0.365 e. The summed E-state index contributed by atoms with van der Waals surface area (Å²) < 4.78 is 38.1. The number of alkyl halides is 3. The number of carbonyl (C=O) groups excluding carboxylic acids is 1. The molecule has 0 saturated carbocycles. The van der Waals surface area contributed by atoms with Crippen molar-refractivity contribution in [3.05, 3.63) is 28.1 Å². The van der Waals surface area contributed by atoms with Gasteiger partial charge in [0.15, 0.2) is 0 Å². The zero-order chi connectivity index (χ0) is 15.6. The number of aromatic nitrogens is 1. The number of nitrogens with zero attached hydrogens (tertiary/aromatic N) is 3. The van der Waals surface area contributed by atoms with Crippen molar-refractivity contribution in [1.29, 1.82) is 0 Å². The molecule has 2 heterocycles. The lowest BCUT2D eigenvalue weighted by Gasteiger charge is -2.31. The number of aldehydes is 1. The summed E-state index contributed by atoms with van der Waals surface area (Å²) in [5.74, 6) is -0.333. The van der Waals surface area contributed by atoms with Gasteiger partial charge in [-0.05, 0) is 18.9 Å². The zero-order valence-electron chi connectivity index (χ0n) is 10.8. The van der Waals surface area contributed by atoms with Crippen molar-refractivity contribution >= 4 is 17.7 Å². The van der Waals surface area contributed by atoms with Crippen LogP contribution in [0.25, 0.3) is 0 Å². The zero-order valence-corrected chi connectivity index (χ0v) is 10.8. The van der Waals surface area contributed by atoms with Crippen LogP contribution < -0.4 is 4.90 Å². The molecule has 6 nitrogen and oxygen atoms in total. The highest BCUT2D eigenvalue weighted by Gasteiger charge is 2.35. The lowest BCUT2D eigenvalue weighted by atomic mass is 9.99. The second-order valence-electron chi connectivity index (χ2n) is 4.80. The minimum Gasteiger partial charge on any atom is -0.365 e. The number of halogens is 3. The van der Waals surface area contributed by atoms with Gasteiger partial charge in [0.05, 0.1) is 4.92 Å². The number of pyridine rings is 1. The van der Waals surface area contributed by atoms with E-state index in [0.29, 0.717) is 31.6 Å². The summed E-state index contributed by atoms with van der Waals surface area (Å²) in [4.78, 5) is 25.6. The minimum atomic E-state index is -4.68. The third-order valence-electron chi connectivity index (χ3n) is 3.34. The molecule has 1 aliphatic heterocycles. The van der Waals surface area contributed by atoms with Gasteiger partial charge in [0.1, 0.15) is 23.9 Å². The summed E-state index contributed by atoms with van der Waals surface area (Å²) in [6.07, 6.45) is -2.12. The van der Waals surface area contributed by atoms with E-state index in [-0.39, 0.29) is 18.2 Å². The Morgan fingerprint density at radius 3 is 2.76 bits per heavy atom. The van der Waals surface area contributed by atoms with Crippen LogP contribution in [-0.2, 0) is 11.0 Å². The molecule has 2 rings (SSSR count). The van der Waals surface area contributed by atoms with Crippen molar-refractivity contribution in [2.24, 2.45) is 5.92 Å². The summed E-state index contributed by atoms with van der Waals surface area (Å²) in [5.41, 5.74) is -1.82. The fourth-order valence-corrected chi connectivity index (χ4v) is 2.33. The number of hydrogen-bond donors (Lipinski definition) is 0. The standard InChI is InChI=1S/C12H12F3N3O3/c13-12(14,15)11-4-9(10(5-16-11)18(20)21)17-3-1-2-8(6-17)7-19/h4-5,7-8H,1-3,6H2. The second-order valence-corrected chi connectivity index (χ2v) is 4.80. The Morgan fingerprint density at radius 1 is 1.48 bits per heavy atom. The van der Waals surface area contributed by atoms with Crippen molar-refractivity contribution < 1.29 is 22.9 Å². The molecule has 1 fully saturated rings. The number of nitro groups is 1. The van der Waals surface area contributed by atoms with Crippen LogP contribution in [0.3, 0.4) is 0 Å². The maximum atomic E-state index is 12.7. The van der Waals surface area contributed by atoms with E-state index in [0.717, 1.165) is 6.29 Å². The van der Waals surface area contributed by atoms with E-state index in [1.54, 1.807) is 0 Å². The summed E-state index contributed by atoms with van der Waals surface area (Å²) >= 11 is 0. The molecule has 1 atom stereocenters. The molecular weight excluding hydrogens is 291 g/mol. The van der Waals surface area contributed by atoms with Crippen LogP contribution in [0.1, 0.15) is 18.5 Å². The van der Waals surface area contributed by atoms with Crippen LogP contribution in [0.4, 0.5) is 24.5 Å². The molecular formula is C12H12F3N3O3. The van der Waals surface area contributed by atoms with Gasteiger partial charge in [-0.1, -0.05) is 0 Å². The van der Waals surface area contributed by atoms with E-state index in [2.05, 4.69) is 4.98 Å². The molecule has 1 unspecified atom stereocenters. The predicted octanol–water partition coefficient (Wildman–Crippen LogP) is 2.42. The number of rotatable bonds is 3. The van der Waals surface area contributed by atoms with Crippen molar-refractivity contribution in [2.45, 2.75) is 19.0 Å². The SMILES string of the molecule is O=CC1CCCN(c2cc(C(F)(F)F)ncc2[N+](=O)[O-])C1. The Bertz CT molecular complexity index is 562. The summed E-state index contributed by atoms with van der Waals surface area (Å²) in [5, 5.41) is 11.0. The lowest BCUT2D eigenvalue weighted by molar-refractivity contribution is -0.384. The Labute approximate surface area is 117 Å².